The molecule has 146 valence electrons. The highest BCUT2D eigenvalue weighted by Gasteiger charge is 2.52. The number of hydrogen-bond acceptors (Lipinski definition) is 3. The first-order valence-electron chi connectivity index (χ1n) is 9.49. The summed E-state index contributed by atoms with van der Waals surface area (Å²) in [5.41, 5.74) is 0.152. The molecule has 0 aromatic heterocycles. The molecule has 1 aliphatic carbocycles. The molecule has 1 aromatic rings. The number of nitrogens with zero attached hydrogens (tertiary/aromatic N) is 2. The number of amides is 4. The second-order valence-corrected chi connectivity index (χ2v) is 7.51. The van der Waals surface area contributed by atoms with Crippen molar-refractivity contribution in [3.05, 3.63) is 35.6 Å². The molecule has 0 radical (unpaired) electrons. The van der Waals surface area contributed by atoms with Crippen LogP contribution in [0.5, 0.6) is 0 Å². The van der Waals surface area contributed by atoms with E-state index in [1.165, 1.54) is 17.0 Å². The maximum absolute atomic E-state index is 13.1. The molecule has 0 bridgehead atoms. The molecule has 1 heterocycles. The maximum Gasteiger partial charge on any atom is 0.325 e. The predicted molar refractivity (Wildman–Crippen MR) is 98.3 cm³/mol. The number of nitrogens with one attached hydrogen (secondary N) is 1. The van der Waals surface area contributed by atoms with Gasteiger partial charge in [0, 0.05) is 20.0 Å². The molecule has 3 rings (SSSR count). The predicted octanol–water partition coefficient (Wildman–Crippen LogP) is 2.99. The van der Waals surface area contributed by atoms with Gasteiger partial charge in [-0.25, -0.2) is 9.18 Å². The van der Waals surface area contributed by atoms with Crippen LogP contribution in [-0.2, 0) is 9.59 Å². The number of carbonyl (C=O) groups is 3. The molecule has 1 aliphatic heterocycles. The Bertz CT molecular complexity index is 728. The summed E-state index contributed by atoms with van der Waals surface area (Å²) < 4.78 is 13.1. The van der Waals surface area contributed by atoms with E-state index in [1.807, 2.05) is 6.92 Å². The lowest BCUT2D eigenvalue weighted by molar-refractivity contribution is -0.133. The Morgan fingerprint density at radius 2 is 1.89 bits per heavy atom. The summed E-state index contributed by atoms with van der Waals surface area (Å²) in [6, 6.07) is 5.55. The van der Waals surface area contributed by atoms with E-state index in [0.29, 0.717) is 19.3 Å². The highest BCUT2D eigenvalue weighted by Crippen LogP contribution is 2.35. The number of imide groups is 1. The highest BCUT2D eigenvalue weighted by molar-refractivity contribution is 6.07. The van der Waals surface area contributed by atoms with E-state index in [1.54, 1.807) is 24.1 Å². The topological polar surface area (TPSA) is 69.7 Å². The van der Waals surface area contributed by atoms with E-state index in [9.17, 15) is 18.8 Å². The van der Waals surface area contributed by atoms with Gasteiger partial charge in [-0.15, -0.1) is 0 Å². The third kappa shape index (κ3) is 3.82. The van der Waals surface area contributed by atoms with Crippen molar-refractivity contribution in [1.82, 2.24) is 15.1 Å². The zero-order valence-corrected chi connectivity index (χ0v) is 15.8. The lowest BCUT2D eigenvalue weighted by Crippen LogP contribution is -2.44. The molecule has 6 nitrogen and oxygen atoms in total. The van der Waals surface area contributed by atoms with Crippen LogP contribution in [0.4, 0.5) is 9.18 Å². The SMILES string of the molecule is C[C@H](c1ccc(F)cc1)N(C)C(=O)CCCN1C(=O)NC2(CCCC2)C1=O. The van der Waals surface area contributed by atoms with Crippen molar-refractivity contribution in [3.63, 3.8) is 0 Å². The van der Waals surface area contributed by atoms with Gasteiger partial charge >= 0.3 is 6.03 Å². The van der Waals surface area contributed by atoms with Crippen LogP contribution in [0.1, 0.15) is 57.1 Å². The maximum atomic E-state index is 13.1. The zero-order chi connectivity index (χ0) is 19.6. The Balaban J connectivity index is 1.51. The summed E-state index contributed by atoms with van der Waals surface area (Å²) in [6.07, 6.45) is 3.96. The van der Waals surface area contributed by atoms with Crippen LogP contribution in [0.2, 0.25) is 0 Å². The van der Waals surface area contributed by atoms with Gasteiger partial charge in [0.15, 0.2) is 0 Å². The largest absolute Gasteiger partial charge is 0.339 e. The van der Waals surface area contributed by atoms with Crippen LogP contribution in [0, 0.1) is 5.82 Å². The minimum Gasteiger partial charge on any atom is -0.339 e. The van der Waals surface area contributed by atoms with Crippen molar-refractivity contribution in [2.45, 2.75) is 57.0 Å². The summed E-state index contributed by atoms with van der Waals surface area (Å²) in [6.45, 7) is 2.13. The molecular formula is C20H26FN3O3. The Morgan fingerprint density at radius 3 is 2.52 bits per heavy atom. The minimum atomic E-state index is -0.699. The number of halogens is 1. The van der Waals surface area contributed by atoms with E-state index >= 15 is 0 Å². The van der Waals surface area contributed by atoms with Gasteiger partial charge in [-0.2, -0.15) is 0 Å². The molecule has 2 fully saturated rings. The third-order valence-corrected chi connectivity index (χ3v) is 5.80. The fourth-order valence-corrected chi connectivity index (χ4v) is 3.94. The quantitative estimate of drug-likeness (QED) is 0.777. The summed E-state index contributed by atoms with van der Waals surface area (Å²) in [7, 11) is 1.71. The smallest absolute Gasteiger partial charge is 0.325 e. The summed E-state index contributed by atoms with van der Waals surface area (Å²) in [4.78, 5) is 40.1. The molecule has 1 saturated heterocycles. The number of benzene rings is 1. The van der Waals surface area contributed by atoms with E-state index in [-0.39, 0.29) is 42.7 Å². The van der Waals surface area contributed by atoms with Gasteiger partial charge in [0.25, 0.3) is 5.91 Å². The van der Waals surface area contributed by atoms with Crippen LogP contribution >= 0.6 is 0 Å². The lowest BCUT2D eigenvalue weighted by Gasteiger charge is -2.26. The number of hydrogen-bond donors (Lipinski definition) is 1. The van der Waals surface area contributed by atoms with Crippen molar-refractivity contribution < 1.29 is 18.8 Å². The lowest BCUT2D eigenvalue weighted by atomic mass is 9.98. The average Bonchev–Trinajstić information content (AvgIpc) is 3.21. The summed E-state index contributed by atoms with van der Waals surface area (Å²) >= 11 is 0. The molecular weight excluding hydrogens is 349 g/mol. The van der Waals surface area contributed by atoms with E-state index < -0.39 is 5.54 Å². The zero-order valence-electron chi connectivity index (χ0n) is 15.8. The molecule has 4 amide bonds. The Kier molecular flexibility index (Phi) is 5.48. The van der Waals surface area contributed by atoms with Gasteiger partial charge in [0.1, 0.15) is 11.4 Å². The fraction of sp³-hybridized carbons (Fsp3) is 0.550. The van der Waals surface area contributed by atoms with Crippen LogP contribution < -0.4 is 5.32 Å². The number of carbonyl (C=O) groups excluding carboxylic acids is 3. The van der Waals surface area contributed by atoms with Crippen LogP contribution in [0.15, 0.2) is 24.3 Å². The second-order valence-electron chi connectivity index (χ2n) is 7.51. The first kappa shape index (κ1) is 19.3. The van der Waals surface area contributed by atoms with Crippen molar-refractivity contribution >= 4 is 17.8 Å². The van der Waals surface area contributed by atoms with Crippen LogP contribution in [-0.4, -0.2) is 46.8 Å². The van der Waals surface area contributed by atoms with Crippen molar-refractivity contribution in [1.29, 1.82) is 0 Å². The monoisotopic (exact) mass is 375 g/mol. The Morgan fingerprint density at radius 1 is 1.26 bits per heavy atom. The highest BCUT2D eigenvalue weighted by atomic mass is 19.1. The van der Waals surface area contributed by atoms with Crippen molar-refractivity contribution in [2.75, 3.05) is 13.6 Å². The van der Waals surface area contributed by atoms with E-state index in [2.05, 4.69) is 5.32 Å². The van der Waals surface area contributed by atoms with E-state index in [4.69, 9.17) is 0 Å². The summed E-state index contributed by atoms with van der Waals surface area (Å²) in [5, 5.41) is 2.85. The van der Waals surface area contributed by atoms with Crippen LogP contribution in [0.3, 0.4) is 0 Å². The Labute approximate surface area is 158 Å². The minimum absolute atomic E-state index is 0.0746. The van der Waals surface area contributed by atoms with Crippen LogP contribution in [0.25, 0.3) is 0 Å². The van der Waals surface area contributed by atoms with Gasteiger partial charge in [0.05, 0.1) is 6.04 Å². The molecule has 0 unspecified atom stereocenters. The normalized spacial score (nSPS) is 19.4. The third-order valence-electron chi connectivity index (χ3n) is 5.80. The van der Waals surface area contributed by atoms with Gasteiger partial charge < -0.3 is 10.2 Å². The number of rotatable bonds is 6. The molecule has 1 N–H and O–H groups in total. The summed E-state index contributed by atoms with van der Waals surface area (Å²) in [5.74, 6) is -0.534. The molecule has 7 heteroatoms. The molecule has 2 aliphatic rings. The van der Waals surface area contributed by atoms with Gasteiger partial charge in [0.2, 0.25) is 5.91 Å². The van der Waals surface area contributed by atoms with Gasteiger partial charge in [-0.05, 0) is 43.9 Å². The van der Waals surface area contributed by atoms with Gasteiger partial charge in [-0.1, -0.05) is 25.0 Å². The Hall–Kier alpha value is -2.44. The molecule has 27 heavy (non-hydrogen) atoms. The second kappa shape index (κ2) is 7.66. The molecule has 1 aromatic carbocycles. The molecule has 1 atom stereocenters. The van der Waals surface area contributed by atoms with Gasteiger partial charge in [-0.3, -0.25) is 14.5 Å². The first-order chi connectivity index (χ1) is 12.8. The molecule has 1 spiro atoms. The van der Waals surface area contributed by atoms with E-state index in [0.717, 1.165) is 18.4 Å². The average molecular weight is 375 g/mol. The molecule has 1 saturated carbocycles. The number of urea groups is 1. The first-order valence-corrected chi connectivity index (χ1v) is 9.49. The van der Waals surface area contributed by atoms with Crippen molar-refractivity contribution in [2.24, 2.45) is 0 Å². The fourth-order valence-electron chi connectivity index (χ4n) is 3.94. The standard InChI is InChI=1S/C20H26FN3O3/c1-14(15-7-9-16(21)10-8-15)23(2)17(25)6-5-13-24-18(26)20(22-19(24)27)11-3-4-12-20/h7-10,14H,3-6,11-13H2,1-2H3,(H,22,27)/t14-/m1/s1. The van der Waals surface area contributed by atoms with Crippen molar-refractivity contribution in [3.8, 4) is 0 Å².